The topological polar surface area (TPSA) is 49.7 Å². The summed E-state index contributed by atoms with van der Waals surface area (Å²) in [6.07, 6.45) is 1.87. The van der Waals surface area contributed by atoms with Crippen LogP contribution in [0, 0.1) is 19.9 Å². The van der Waals surface area contributed by atoms with E-state index < -0.39 is 0 Å². The van der Waals surface area contributed by atoms with Gasteiger partial charge in [0.15, 0.2) is 0 Å². The zero-order valence-corrected chi connectivity index (χ0v) is 35.4. The molecule has 0 fully saturated rings. The molecule has 286 valence electrons. The maximum Gasteiger partial charge on any atom is 2.00 e. The van der Waals surface area contributed by atoms with Gasteiger partial charge >= 0.3 is 21.1 Å². The summed E-state index contributed by atoms with van der Waals surface area (Å²) in [4.78, 5) is 15.6. The Balaban J connectivity index is 0.00000420. The molecule has 5 nitrogen and oxygen atoms in total. The number of aryl methyl sites for hydroxylation is 2. The number of benzene rings is 7. The third kappa shape index (κ3) is 5.79. The van der Waals surface area contributed by atoms with Crippen molar-refractivity contribution in [2.45, 2.75) is 33.6 Å². The minimum atomic E-state index is 0. The predicted molar refractivity (Wildman–Crippen MR) is 240 cm³/mol. The summed E-state index contributed by atoms with van der Waals surface area (Å²) in [6, 6.07) is 57.7. The molecule has 59 heavy (non-hydrogen) atoms. The van der Waals surface area contributed by atoms with Gasteiger partial charge in [0.25, 0.3) is 0 Å². The van der Waals surface area contributed by atoms with E-state index in [2.05, 4.69) is 182 Å². The molecule has 7 aromatic carbocycles. The summed E-state index contributed by atoms with van der Waals surface area (Å²) in [7, 11) is 0. The van der Waals surface area contributed by atoms with Gasteiger partial charge in [0.05, 0.1) is 11.0 Å². The van der Waals surface area contributed by atoms with Crippen molar-refractivity contribution in [2.24, 2.45) is 0 Å². The van der Waals surface area contributed by atoms with E-state index in [0.29, 0.717) is 5.92 Å². The van der Waals surface area contributed by atoms with Gasteiger partial charge in [0.2, 0.25) is 0 Å². The standard InChI is InChI=1S/C53H39N5.Pt/c1-32(2)38-19-12-15-33(3)49(38)36-29-34(4)52-44(30-36)41-27-26-35(31-47(41)58(52)48-25-10-11-28-54-48)39-20-14-24-46-51(39)56-53(57(46)37-16-6-5-7-17-37)43-22-13-21-42-40-18-8-9-23-45(40)55-50(42)43;/h5-30,32H,1-4H3;/q-2;+2. The van der Waals surface area contributed by atoms with Gasteiger partial charge in [-0.15, -0.1) is 34.8 Å². The molecule has 0 saturated carbocycles. The van der Waals surface area contributed by atoms with Gasteiger partial charge in [0, 0.05) is 23.0 Å². The Morgan fingerprint density at radius 2 is 1.39 bits per heavy atom. The number of rotatable bonds is 6. The number of imidazole rings is 1. The molecule has 0 atom stereocenters. The maximum atomic E-state index is 5.53. The molecule has 0 spiro atoms. The summed E-state index contributed by atoms with van der Waals surface area (Å²) >= 11 is 0. The van der Waals surface area contributed by atoms with Gasteiger partial charge in [-0.05, 0) is 106 Å². The Bertz CT molecular complexity index is 3390. The van der Waals surface area contributed by atoms with Crippen LogP contribution in [0.25, 0.3) is 99.8 Å². The van der Waals surface area contributed by atoms with Gasteiger partial charge in [0.1, 0.15) is 11.6 Å². The smallest absolute Gasteiger partial charge is 0.656 e. The second-order valence-corrected chi connectivity index (χ2v) is 15.7. The van der Waals surface area contributed by atoms with E-state index in [4.69, 9.17) is 15.0 Å². The zero-order valence-electron chi connectivity index (χ0n) is 33.1. The number of hydrogen-bond donors (Lipinski definition) is 0. The van der Waals surface area contributed by atoms with Crippen molar-refractivity contribution in [3.63, 3.8) is 0 Å². The fourth-order valence-corrected chi connectivity index (χ4v) is 9.17. The monoisotopic (exact) mass is 940 g/mol. The molecule has 0 unspecified atom stereocenters. The predicted octanol–water partition coefficient (Wildman–Crippen LogP) is 13.3. The van der Waals surface area contributed by atoms with Crippen molar-refractivity contribution in [2.75, 3.05) is 0 Å². The Labute approximate surface area is 357 Å². The van der Waals surface area contributed by atoms with Crippen molar-refractivity contribution in [1.29, 1.82) is 0 Å². The number of para-hydroxylation sites is 4. The fourth-order valence-electron chi connectivity index (χ4n) is 9.17. The van der Waals surface area contributed by atoms with Crippen LogP contribution in [0.15, 0.2) is 158 Å². The van der Waals surface area contributed by atoms with Gasteiger partial charge < -0.3 is 9.55 Å². The first-order valence-corrected chi connectivity index (χ1v) is 20.0. The molecular formula is C53H39N5Pt. The molecule has 0 N–H and O–H groups in total. The van der Waals surface area contributed by atoms with Crippen molar-refractivity contribution in [1.82, 2.24) is 24.1 Å². The maximum absolute atomic E-state index is 5.53. The average Bonchev–Trinajstić information content (AvgIpc) is 3.94. The molecule has 11 rings (SSSR count). The number of fused-ring (bicyclic) bond motifs is 7. The van der Waals surface area contributed by atoms with Gasteiger partial charge in [-0.3, -0.25) is 4.57 Å². The normalized spacial score (nSPS) is 11.7. The van der Waals surface area contributed by atoms with E-state index in [1.165, 1.54) is 33.2 Å². The van der Waals surface area contributed by atoms with Crippen LogP contribution in [0.2, 0.25) is 0 Å². The van der Waals surface area contributed by atoms with E-state index in [9.17, 15) is 0 Å². The van der Waals surface area contributed by atoms with Crippen molar-refractivity contribution in [3.8, 4) is 45.1 Å². The molecule has 11 aromatic rings. The number of nitrogens with zero attached hydrogens (tertiary/aromatic N) is 5. The second kappa shape index (κ2) is 14.4. The number of aromatic nitrogens is 5. The van der Waals surface area contributed by atoms with E-state index in [-0.39, 0.29) is 21.1 Å². The fraction of sp³-hybridized carbons (Fsp3) is 0.0943. The van der Waals surface area contributed by atoms with E-state index in [0.717, 1.165) is 83.3 Å². The third-order valence-electron chi connectivity index (χ3n) is 11.7. The van der Waals surface area contributed by atoms with E-state index in [1.54, 1.807) is 0 Å². The molecule has 4 heterocycles. The van der Waals surface area contributed by atoms with E-state index in [1.807, 2.05) is 18.3 Å². The van der Waals surface area contributed by atoms with Crippen LogP contribution in [-0.2, 0) is 21.1 Å². The second-order valence-electron chi connectivity index (χ2n) is 15.7. The first kappa shape index (κ1) is 36.8. The zero-order chi connectivity index (χ0) is 39.1. The van der Waals surface area contributed by atoms with Gasteiger partial charge in [-0.25, -0.2) is 9.97 Å². The average molecular weight is 941 g/mol. The summed E-state index contributed by atoms with van der Waals surface area (Å²) in [6.45, 7) is 9.00. The molecule has 4 aromatic heterocycles. The van der Waals surface area contributed by atoms with Crippen LogP contribution in [0.4, 0.5) is 0 Å². The minimum absolute atomic E-state index is 0. The number of hydrogen-bond acceptors (Lipinski definition) is 2. The van der Waals surface area contributed by atoms with Crippen molar-refractivity contribution in [3.05, 3.63) is 181 Å². The van der Waals surface area contributed by atoms with Gasteiger partial charge in [-0.2, -0.15) is 0 Å². The van der Waals surface area contributed by atoms with Crippen LogP contribution in [0.5, 0.6) is 0 Å². The Morgan fingerprint density at radius 3 is 2.22 bits per heavy atom. The van der Waals surface area contributed by atoms with Gasteiger partial charge in [-0.1, -0.05) is 128 Å². The molecular weight excluding hydrogens is 902 g/mol. The largest absolute Gasteiger partial charge is 2.00 e. The van der Waals surface area contributed by atoms with Crippen LogP contribution in [0.3, 0.4) is 0 Å². The summed E-state index contributed by atoms with van der Waals surface area (Å²) in [5.41, 5.74) is 16.4. The quantitative estimate of drug-likeness (QED) is 0.156. The molecule has 0 bridgehead atoms. The minimum Gasteiger partial charge on any atom is -0.656 e. The Hall–Kier alpha value is -6.55. The van der Waals surface area contributed by atoms with Crippen LogP contribution in [0.1, 0.15) is 36.5 Å². The third-order valence-corrected chi connectivity index (χ3v) is 11.7. The number of pyridine rings is 1. The molecule has 6 heteroatoms. The van der Waals surface area contributed by atoms with Crippen LogP contribution >= 0.6 is 0 Å². The summed E-state index contributed by atoms with van der Waals surface area (Å²) in [5.74, 6) is 2.12. The molecule has 0 aliphatic carbocycles. The van der Waals surface area contributed by atoms with Crippen LogP contribution in [-0.4, -0.2) is 19.1 Å². The molecule has 0 radical (unpaired) electrons. The summed E-state index contributed by atoms with van der Waals surface area (Å²) < 4.78 is 4.56. The molecule has 0 amide bonds. The first-order chi connectivity index (χ1) is 28.4. The van der Waals surface area contributed by atoms with Crippen molar-refractivity contribution < 1.29 is 21.1 Å². The van der Waals surface area contributed by atoms with Crippen molar-refractivity contribution >= 4 is 54.6 Å². The molecule has 0 saturated heterocycles. The Kier molecular flexibility index (Phi) is 8.96. The van der Waals surface area contributed by atoms with Crippen LogP contribution < -0.4 is 4.98 Å². The molecule has 0 aliphatic heterocycles. The molecule has 0 aliphatic rings. The SMILES string of the molecule is Cc1cccc(C(C)C)c1-c1cc(C)c2c(c1)c1ccc(-c3cccc4c3nc(-c3cccc5c3[n-]c3ccccc35)n4-c3ccccc3)[c-]c1n2-c1ccccn1.[Pt+2]. The summed E-state index contributed by atoms with van der Waals surface area (Å²) in [5, 5.41) is 4.60. The first-order valence-electron chi connectivity index (χ1n) is 20.0. The van der Waals surface area contributed by atoms with E-state index >= 15 is 0 Å². The Morgan fingerprint density at radius 1 is 0.627 bits per heavy atom.